The number of hydrogen-bond acceptors (Lipinski definition) is 6. The second-order valence-electron chi connectivity index (χ2n) is 6.89. The van der Waals surface area contributed by atoms with Crippen molar-refractivity contribution in [1.29, 1.82) is 0 Å². The lowest BCUT2D eigenvalue weighted by atomic mass is 10.3. The van der Waals surface area contributed by atoms with Crippen molar-refractivity contribution in [3.63, 3.8) is 0 Å². The minimum Gasteiger partial charge on any atom is -0.479 e. The van der Waals surface area contributed by atoms with Crippen molar-refractivity contribution in [3.05, 3.63) is 71.3 Å². The van der Waals surface area contributed by atoms with Crippen LogP contribution in [0.1, 0.15) is 17.5 Å². The van der Waals surface area contributed by atoms with Gasteiger partial charge in [-0.2, -0.15) is 8.78 Å². The number of carbonyl (C=O) groups is 1. The van der Waals surface area contributed by atoms with Crippen molar-refractivity contribution < 1.29 is 35.9 Å². The summed E-state index contributed by atoms with van der Waals surface area (Å²) >= 11 is 0. The lowest BCUT2D eigenvalue weighted by Gasteiger charge is -2.11. The summed E-state index contributed by atoms with van der Waals surface area (Å²) in [6.45, 7) is 1.06. The van der Waals surface area contributed by atoms with Crippen LogP contribution in [0.15, 0.2) is 30.6 Å². The molecule has 2 aromatic heterocycles. The zero-order valence-electron chi connectivity index (χ0n) is 17.2. The summed E-state index contributed by atoms with van der Waals surface area (Å²) in [5.41, 5.74) is 0.278. The molecule has 1 N–H and O–H groups in total. The number of benzene rings is 2. The molecule has 2 aromatic carbocycles. The van der Waals surface area contributed by atoms with E-state index in [4.69, 9.17) is 0 Å². The minimum atomic E-state index is -1.82. The Balaban J connectivity index is 1.69. The zero-order valence-corrected chi connectivity index (χ0v) is 17.2. The molecule has 0 saturated heterocycles. The molecule has 2 heterocycles. The van der Waals surface area contributed by atoms with Gasteiger partial charge in [0.15, 0.2) is 41.0 Å². The number of imidazole rings is 1. The van der Waals surface area contributed by atoms with Crippen LogP contribution >= 0.6 is 0 Å². The third kappa shape index (κ3) is 4.36. The van der Waals surface area contributed by atoms with Crippen molar-refractivity contribution in [2.24, 2.45) is 0 Å². The lowest BCUT2D eigenvalue weighted by Crippen LogP contribution is -2.18. The molecule has 0 atom stereocenters. The predicted octanol–water partition coefficient (Wildman–Crippen LogP) is 4.69. The van der Waals surface area contributed by atoms with E-state index in [0.29, 0.717) is 12.6 Å². The van der Waals surface area contributed by atoms with Crippen molar-refractivity contribution in [1.82, 2.24) is 19.5 Å². The van der Waals surface area contributed by atoms with Crippen LogP contribution in [0.3, 0.4) is 0 Å². The summed E-state index contributed by atoms with van der Waals surface area (Å²) in [5.74, 6) is -11.8. The average molecular weight is 481 g/mol. The van der Waals surface area contributed by atoms with Crippen LogP contribution in [0.25, 0.3) is 11.2 Å². The molecule has 4 rings (SSSR count). The highest BCUT2D eigenvalue weighted by molar-refractivity contribution is 5.97. The van der Waals surface area contributed by atoms with Crippen LogP contribution in [0, 0.1) is 34.9 Å². The van der Waals surface area contributed by atoms with Gasteiger partial charge in [0.05, 0.1) is 6.33 Å². The average Bonchev–Trinajstić information content (AvgIpc) is 3.20. The molecular formula is C21H13F6N5O2. The molecule has 0 aliphatic heterocycles. The number of rotatable bonds is 7. The van der Waals surface area contributed by atoms with Crippen LogP contribution in [0.5, 0.6) is 5.75 Å². The summed E-state index contributed by atoms with van der Waals surface area (Å²) in [6.07, 6.45) is 1.39. The van der Waals surface area contributed by atoms with Gasteiger partial charge in [-0.25, -0.2) is 32.5 Å². The van der Waals surface area contributed by atoms with Crippen LogP contribution in [-0.2, 0) is 6.54 Å². The second-order valence-corrected chi connectivity index (χ2v) is 6.89. The molecule has 34 heavy (non-hydrogen) atoms. The number of aromatic nitrogens is 4. The van der Waals surface area contributed by atoms with Crippen molar-refractivity contribution in [2.45, 2.75) is 13.5 Å². The SMILES string of the molecule is CCn1cnc2c(Nc3cc(F)cc(F)c3)nc(C(=O)COc3c(F)c(F)cc(F)c3F)nc21. The highest BCUT2D eigenvalue weighted by Crippen LogP contribution is 2.27. The lowest BCUT2D eigenvalue weighted by molar-refractivity contribution is 0.0903. The van der Waals surface area contributed by atoms with Crippen LogP contribution in [-0.4, -0.2) is 31.9 Å². The van der Waals surface area contributed by atoms with Crippen LogP contribution < -0.4 is 10.1 Å². The molecular weight excluding hydrogens is 468 g/mol. The Morgan fingerprint density at radius 3 is 2.24 bits per heavy atom. The van der Waals surface area contributed by atoms with Crippen molar-refractivity contribution >= 4 is 28.5 Å². The number of aryl methyl sites for hydroxylation is 1. The molecule has 0 spiro atoms. The molecule has 0 bridgehead atoms. The number of fused-ring (bicyclic) bond motifs is 1. The fourth-order valence-electron chi connectivity index (χ4n) is 3.03. The van der Waals surface area contributed by atoms with E-state index in [1.165, 1.54) is 10.9 Å². The number of Topliss-reactive ketones (excluding diaryl/α,β-unsaturated/α-hetero) is 1. The van der Waals surface area contributed by atoms with E-state index < -0.39 is 58.9 Å². The van der Waals surface area contributed by atoms with Gasteiger partial charge < -0.3 is 14.6 Å². The normalized spacial score (nSPS) is 11.1. The van der Waals surface area contributed by atoms with E-state index in [2.05, 4.69) is 25.0 Å². The van der Waals surface area contributed by atoms with Crippen LogP contribution in [0.4, 0.5) is 37.8 Å². The fourth-order valence-corrected chi connectivity index (χ4v) is 3.03. The monoisotopic (exact) mass is 481 g/mol. The van der Waals surface area contributed by atoms with Gasteiger partial charge in [-0.3, -0.25) is 4.79 Å². The molecule has 4 aromatic rings. The fraction of sp³-hybridized carbons (Fsp3) is 0.143. The first-order valence-corrected chi connectivity index (χ1v) is 9.63. The number of nitrogens with one attached hydrogen (secondary N) is 1. The molecule has 13 heteroatoms. The molecule has 0 unspecified atom stereocenters. The number of ketones is 1. The Labute approximate surface area is 187 Å². The van der Waals surface area contributed by atoms with Gasteiger partial charge in [-0.15, -0.1) is 0 Å². The maximum absolute atomic E-state index is 13.8. The summed E-state index contributed by atoms with van der Waals surface area (Å²) in [7, 11) is 0. The van der Waals surface area contributed by atoms with E-state index in [9.17, 15) is 31.1 Å². The maximum Gasteiger partial charge on any atom is 0.237 e. The quantitative estimate of drug-likeness (QED) is 0.235. The highest BCUT2D eigenvalue weighted by atomic mass is 19.2. The molecule has 0 fully saturated rings. The Morgan fingerprint density at radius 1 is 0.971 bits per heavy atom. The van der Waals surface area contributed by atoms with E-state index in [-0.39, 0.29) is 28.7 Å². The number of hydrogen-bond donors (Lipinski definition) is 1. The van der Waals surface area contributed by atoms with Gasteiger partial charge in [0.1, 0.15) is 11.6 Å². The van der Waals surface area contributed by atoms with Gasteiger partial charge in [0.25, 0.3) is 0 Å². The van der Waals surface area contributed by atoms with Crippen molar-refractivity contribution in [2.75, 3.05) is 11.9 Å². The predicted molar refractivity (Wildman–Crippen MR) is 107 cm³/mol. The van der Waals surface area contributed by atoms with E-state index in [0.717, 1.165) is 12.1 Å². The highest BCUT2D eigenvalue weighted by Gasteiger charge is 2.23. The largest absolute Gasteiger partial charge is 0.479 e. The number of anilines is 2. The third-order valence-electron chi connectivity index (χ3n) is 4.60. The van der Waals surface area contributed by atoms with Crippen molar-refractivity contribution in [3.8, 4) is 5.75 Å². The first-order chi connectivity index (χ1) is 16.2. The number of nitrogens with zero attached hydrogens (tertiary/aromatic N) is 4. The summed E-state index contributed by atoms with van der Waals surface area (Å²) in [4.78, 5) is 24.8. The van der Waals surface area contributed by atoms with Gasteiger partial charge in [-0.05, 0) is 19.1 Å². The molecule has 0 amide bonds. The Bertz CT molecular complexity index is 1380. The van der Waals surface area contributed by atoms with E-state index in [1.807, 2.05) is 0 Å². The number of ether oxygens (including phenoxy) is 1. The Hall–Kier alpha value is -4.16. The topological polar surface area (TPSA) is 81.9 Å². The molecule has 7 nitrogen and oxygen atoms in total. The maximum atomic E-state index is 13.8. The van der Waals surface area contributed by atoms with Gasteiger partial charge in [-0.1, -0.05) is 0 Å². The van der Waals surface area contributed by atoms with Gasteiger partial charge in [0, 0.05) is 24.4 Å². The Morgan fingerprint density at radius 2 is 1.62 bits per heavy atom. The van der Waals surface area contributed by atoms with E-state index in [1.54, 1.807) is 6.92 Å². The third-order valence-corrected chi connectivity index (χ3v) is 4.60. The standard InChI is InChI=1S/C21H13F6N5O2/c1-2-32-8-28-17-20(29-11-4-9(22)3-10(23)5-11)30-19(31-21(17)32)14(33)7-34-18-15(26)12(24)6-13(25)16(18)27/h3-6,8H,2,7H2,1H3,(H,29,30,31). The van der Waals surface area contributed by atoms with Crippen LogP contribution in [0.2, 0.25) is 0 Å². The van der Waals surface area contributed by atoms with Gasteiger partial charge >= 0.3 is 0 Å². The molecule has 0 saturated carbocycles. The number of halogens is 6. The summed E-state index contributed by atoms with van der Waals surface area (Å²) in [6, 6.07) is 2.60. The number of carbonyl (C=O) groups excluding carboxylic acids is 1. The first kappa shape index (κ1) is 23.0. The molecule has 0 aliphatic carbocycles. The summed E-state index contributed by atoms with van der Waals surface area (Å²) < 4.78 is 87.7. The molecule has 176 valence electrons. The van der Waals surface area contributed by atoms with E-state index >= 15 is 0 Å². The smallest absolute Gasteiger partial charge is 0.237 e. The minimum absolute atomic E-state index is 0.00448. The zero-order chi connectivity index (χ0) is 24.6. The second kappa shape index (κ2) is 9.00. The molecule has 0 radical (unpaired) electrons. The van der Waals surface area contributed by atoms with Gasteiger partial charge in [0.2, 0.25) is 23.2 Å². The first-order valence-electron chi connectivity index (χ1n) is 9.63. The Kier molecular flexibility index (Phi) is 6.09. The summed E-state index contributed by atoms with van der Waals surface area (Å²) in [5, 5.41) is 2.65. The molecule has 0 aliphatic rings.